The lowest BCUT2D eigenvalue weighted by atomic mass is 10.1. The summed E-state index contributed by atoms with van der Waals surface area (Å²) in [6, 6.07) is 10.5. The summed E-state index contributed by atoms with van der Waals surface area (Å²) in [5.74, 6) is 0.791. The second-order valence-corrected chi connectivity index (χ2v) is 6.14. The molecule has 4 nitrogen and oxygen atoms in total. The molecule has 0 saturated heterocycles. The first-order valence-electron chi connectivity index (χ1n) is 6.82. The highest BCUT2D eigenvalue weighted by molar-refractivity contribution is 6.35. The maximum absolute atomic E-state index is 6.08. The van der Waals surface area contributed by atoms with Crippen LogP contribution >= 0.6 is 34.8 Å². The number of anilines is 1. The third-order valence-electron chi connectivity index (χ3n) is 3.24. The van der Waals surface area contributed by atoms with Crippen molar-refractivity contribution in [2.75, 3.05) is 12.3 Å². The molecule has 0 unspecified atom stereocenters. The maximum atomic E-state index is 6.08. The Labute approximate surface area is 148 Å². The number of ether oxygens (including phenoxy) is 1. The van der Waals surface area contributed by atoms with E-state index in [1.165, 1.54) is 0 Å². The largest absolute Gasteiger partial charge is 0.492 e. The Morgan fingerprint density at radius 1 is 0.957 bits per heavy atom. The van der Waals surface area contributed by atoms with Crippen LogP contribution in [-0.4, -0.2) is 16.6 Å². The monoisotopic (exact) mass is 367 g/mol. The molecule has 0 atom stereocenters. The van der Waals surface area contributed by atoms with E-state index in [0.29, 0.717) is 33.8 Å². The van der Waals surface area contributed by atoms with Gasteiger partial charge >= 0.3 is 0 Å². The molecule has 0 fully saturated rings. The van der Waals surface area contributed by atoms with Gasteiger partial charge in [-0.15, -0.1) is 0 Å². The number of nitrogens with zero attached hydrogens (tertiary/aromatic N) is 2. The van der Waals surface area contributed by atoms with E-state index in [2.05, 4.69) is 9.97 Å². The quantitative estimate of drug-likeness (QED) is 0.719. The third kappa shape index (κ3) is 3.78. The van der Waals surface area contributed by atoms with Gasteiger partial charge in [0.15, 0.2) is 0 Å². The van der Waals surface area contributed by atoms with Gasteiger partial charge in [0.25, 0.3) is 0 Å². The lowest BCUT2D eigenvalue weighted by Gasteiger charge is -2.10. The van der Waals surface area contributed by atoms with Gasteiger partial charge in [-0.05, 0) is 36.4 Å². The first kappa shape index (κ1) is 16.1. The molecule has 0 saturated carbocycles. The normalized spacial score (nSPS) is 10.9. The summed E-state index contributed by atoms with van der Waals surface area (Å²) in [4.78, 5) is 8.48. The molecule has 1 heterocycles. The van der Waals surface area contributed by atoms with Crippen molar-refractivity contribution in [1.29, 1.82) is 0 Å². The Morgan fingerprint density at radius 2 is 1.70 bits per heavy atom. The van der Waals surface area contributed by atoms with Crippen LogP contribution in [-0.2, 0) is 6.42 Å². The van der Waals surface area contributed by atoms with Crippen molar-refractivity contribution in [3.05, 3.63) is 57.2 Å². The van der Waals surface area contributed by atoms with Crippen LogP contribution in [0, 0.1) is 0 Å². The topological polar surface area (TPSA) is 61.0 Å². The number of hydrogen-bond acceptors (Lipinski definition) is 4. The fraction of sp³-hybridized carbons (Fsp3) is 0.125. The summed E-state index contributed by atoms with van der Waals surface area (Å²) in [7, 11) is 0. The molecular weight excluding hydrogens is 357 g/mol. The molecular formula is C16H12Cl3N3O. The number of halogens is 3. The molecule has 0 bridgehead atoms. The fourth-order valence-electron chi connectivity index (χ4n) is 2.22. The summed E-state index contributed by atoms with van der Waals surface area (Å²) >= 11 is 18.0. The van der Waals surface area contributed by atoms with Crippen molar-refractivity contribution in [3.8, 4) is 5.75 Å². The van der Waals surface area contributed by atoms with Crippen LogP contribution in [0.25, 0.3) is 10.9 Å². The molecule has 1 aromatic heterocycles. The molecule has 3 rings (SSSR count). The average molecular weight is 369 g/mol. The van der Waals surface area contributed by atoms with Gasteiger partial charge in [-0.3, -0.25) is 0 Å². The van der Waals surface area contributed by atoms with E-state index in [4.69, 9.17) is 45.3 Å². The molecule has 0 aliphatic heterocycles. The predicted molar refractivity (Wildman–Crippen MR) is 94.6 cm³/mol. The van der Waals surface area contributed by atoms with Crippen LogP contribution in [0.3, 0.4) is 0 Å². The number of aromatic nitrogens is 2. The third-order valence-corrected chi connectivity index (χ3v) is 4.01. The van der Waals surface area contributed by atoms with Crippen molar-refractivity contribution < 1.29 is 4.74 Å². The highest BCUT2D eigenvalue weighted by Gasteiger charge is 2.08. The van der Waals surface area contributed by atoms with Crippen molar-refractivity contribution >= 4 is 51.7 Å². The summed E-state index contributed by atoms with van der Waals surface area (Å²) in [6.07, 6.45) is 0.544. The summed E-state index contributed by atoms with van der Waals surface area (Å²) in [5.41, 5.74) is 7.28. The number of nitrogens with two attached hydrogens (primary N) is 1. The maximum Gasteiger partial charge on any atom is 0.220 e. The van der Waals surface area contributed by atoms with Crippen LogP contribution in [0.15, 0.2) is 36.4 Å². The summed E-state index contributed by atoms with van der Waals surface area (Å²) in [6.45, 7) is 0.388. The van der Waals surface area contributed by atoms with Gasteiger partial charge in [-0.25, -0.2) is 9.97 Å². The minimum Gasteiger partial charge on any atom is -0.492 e. The summed E-state index contributed by atoms with van der Waals surface area (Å²) in [5, 5.41) is 2.51. The van der Waals surface area contributed by atoms with Gasteiger partial charge in [0, 0.05) is 21.9 Å². The second kappa shape index (κ2) is 6.79. The van der Waals surface area contributed by atoms with E-state index in [9.17, 15) is 0 Å². The second-order valence-electron chi connectivity index (χ2n) is 4.86. The number of hydrogen-bond donors (Lipinski definition) is 1. The molecule has 118 valence electrons. The SMILES string of the molecule is Nc1nc(CCOc2ccc(Cl)cc2Cl)c2cc(Cl)ccc2n1. The highest BCUT2D eigenvalue weighted by Crippen LogP contribution is 2.28. The molecule has 2 aromatic carbocycles. The van der Waals surface area contributed by atoms with Crippen LogP contribution in [0.2, 0.25) is 15.1 Å². The van der Waals surface area contributed by atoms with E-state index in [1.807, 2.05) is 12.1 Å². The molecule has 2 N–H and O–H groups in total. The zero-order valence-corrected chi connectivity index (χ0v) is 14.2. The van der Waals surface area contributed by atoms with Gasteiger partial charge in [0.05, 0.1) is 22.8 Å². The standard InChI is InChI=1S/C16H12Cl3N3O/c17-9-1-3-13-11(7-9)14(22-16(20)21-13)5-6-23-15-4-2-10(18)8-12(15)19/h1-4,7-8H,5-6H2,(H2,20,21,22). The Kier molecular flexibility index (Phi) is 4.76. The van der Waals surface area contributed by atoms with Crippen molar-refractivity contribution in [1.82, 2.24) is 9.97 Å². The van der Waals surface area contributed by atoms with Crippen LogP contribution in [0.4, 0.5) is 5.95 Å². The van der Waals surface area contributed by atoms with Gasteiger partial charge in [-0.2, -0.15) is 0 Å². The zero-order valence-electron chi connectivity index (χ0n) is 11.9. The van der Waals surface area contributed by atoms with Crippen LogP contribution < -0.4 is 10.5 Å². The molecule has 0 aliphatic rings. The fourth-order valence-corrected chi connectivity index (χ4v) is 2.86. The molecule has 0 aliphatic carbocycles. The van der Waals surface area contributed by atoms with Gasteiger partial charge < -0.3 is 10.5 Å². The first-order chi connectivity index (χ1) is 11.0. The average Bonchev–Trinajstić information content (AvgIpc) is 2.50. The molecule has 0 radical (unpaired) electrons. The van der Waals surface area contributed by atoms with Crippen molar-refractivity contribution in [3.63, 3.8) is 0 Å². The molecule has 0 amide bonds. The molecule has 3 aromatic rings. The van der Waals surface area contributed by atoms with Gasteiger partial charge in [0.2, 0.25) is 5.95 Å². The van der Waals surface area contributed by atoms with Gasteiger partial charge in [-0.1, -0.05) is 34.8 Å². The first-order valence-corrected chi connectivity index (χ1v) is 7.96. The molecule has 7 heteroatoms. The molecule has 0 spiro atoms. The van der Waals surface area contributed by atoms with Gasteiger partial charge in [0.1, 0.15) is 5.75 Å². The minimum absolute atomic E-state index is 0.222. The molecule has 23 heavy (non-hydrogen) atoms. The zero-order chi connectivity index (χ0) is 16.4. The Hall–Kier alpha value is -1.75. The van der Waals surface area contributed by atoms with E-state index in [0.717, 1.165) is 16.6 Å². The lowest BCUT2D eigenvalue weighted by molar-refractivity contribution is 0.321. The lowest BCUT2D eigenvalue weighted by Crippen LogP contribution is -2.07. The number of benzene rings is 2. The Morgan fingerprint density at radius 3 is 2.48 bits per heavy atom. The Balaban J connectivity index is 1.80. The number of rotatable bonds is 4. The van der Waals surface area contributed by atoms with Crippen LogP contribution in [0.1, 0.15) is 5.69 Å². The van der Waals surface area contributed by atoms with Crippen molar-refractivity contribution in [2.45, 2.75) is 6.42 Å². The van der Waals surface area contributed by atoms with E-state index < -0.39 is 0 Å². The number of nitrogen functional groups attached to an aromatic ring is 1. The van der Waals surface area contributed by atoms with Crippen molar-refractivity contribution in [2.24, 2.45) is 0 Å². The smallest absolute Gasteiger partial charge is 0.220 e. The van der Waals surface area contributed by atoms with E-state index in [-0.39, 0.29) is 5.95 Å². The number of fused-ring (bicyclic) bond motifs is 1. The Bertz CT molecular complexity index is 871. The minimum atomic E-state index is 0.222. The van der Waals surface area contributed by atoms with Crippen LogP contribution in [0.5, 0.6) is 5.75 Å². The predicted octanol–water partition coefficient (Wildman–Crippen LogP) is 4.79. The van der Waals surface area contributed by atoms with E-state index >= 15 is 0 Å². The van der Waals surface area contributed by atoms with E-state index in [1.54, 1.807) is 24.3 Å². The summed E-state index contributed by atoms with van der Waals surface area (Å²) < 4.78 is 5.69. The highest BCUT2D eigenvalue weighted by atomic mass is 35.5.